The van der Waals surface area contributed by atoms with Crippen molar-refractivity contribution < 1.29 is 27.9 Å². The smallest absolute Gasteiger partial charge is 0.276 e. The Hall–Kier alpha value is -3.76. The second-order valence-electron chi connectivity index (χ2n) is 7.66. The first-order valence-corrected chi connectivity index (χ1v) is 10.2. The monoisotopic (exact) mass is 464 g/mol. The van der Waals surface area contributed by atoms with Gasteiger partial charge in [-0.2, -0.15) is 0 Å². The van der Waals surface area contributed by atoms with Crippen LogP contribution in [0, 0.1) is 17.5 Å². The number of amides is 2. The second kappa shape index (κ2) is 9.39. The molecule has 2 amide bonds. The third kappa shape index (κ3) is 4.71. The number of pyridine rings is 1. The lowest BCUT2D eigenvalue weighted by atomic mass is 10.1. The summed E-state index contributed by atoms with van der Waals surface area (Å²) >= 11 is 0. The molecule has 0 aliphatic carbocycles. The zero-order valence-electron chi connectivity index (χ0n) is 18.2. The third-order valence-corrected chi connectivity index (χ3v) is 5.46. The minimum Gasteiger partial charge on any atom is -0.502 e. The molecule has 0 saturated carbocycles. The molecule has 3 N–H and O–H groups in total. The number of hydrogen-bond donors (Lipinski definition) is 3. The van der Waals surface area contributed by atoms with Crippen molar-refractivity contribution in [2.24, 2.45) is 0 Å². The standard InChI is InChI=1S/C22H23F3N4O4/c1-4-13-6-5-11(2)28(3)22(33)18-20(31)19(30)15(10-29(18)27-13)21(32)26-9-14-16(24)7-12(23)8-17(14)25/h5-8,10-11,13,27,31H,4,9H2,1-3H3,(H,26,32)/b6-5-/t11-,13+/m0/s1. The van der Waals surface area contributed by atoms with Gasteiger partial charge in [0.2, 0.25) is 5.43 Å². The van der Waals surface area contributed by atoms with Gasteiger partial charge in [-0.1, -0.05) is 19.1 Å². The highest BCUT2D eigenvalue weighted by Crippen LogP contribution is 2.19. The summed E-state index contributed by atoms with van der Waals surface area (Å²) in [6.07, 6.45) is 5.24. The van der Waals surface area contributed by atoms with Crippen molar-refractivity contribution in [3.05, 3.63) is 75.0 Å². The van der Waals surface area contributed by atoms with Crippen LogP contribution in [-0.4, -0.2) is 45.6 Å². The molecule has 0 unspecified atom stereocenters. The fourth-order valence-corrected chi connectivity index (χ4v) is 3.30. The van der Waals surface area contributed by atoms with E-state index >= 15 is 0 Å². The van der Waals surface area contributed by atoms with Gasteiger partial charge in [-0.05, 0) is 13.3 Å². The molecule has 0 bridgehead atoms. The van der Waals surface area contributed by atoms with Gasteiger partial charge in [0, 0.05) is 43.5 Å². The highest BCUT2D eigenvalue weighted by Gasteiger charge is 2.29. The first-order chi connectivity index (χ1) is 15.5. The largest absolute Gasteiger partial charge is 0.502 e. The van der Waals surface area contributed by atoms with Gasteiger partial charge in [-0.3, -0.25) is 19.1 Å². The van der Waals surface area contributed by atoms with Crippen LogP contribution in [0.15, 0.2) is 35.3 Å². The molecule has 2 aromatic rings. The van der Waals surface area contributed by atoms with Gasteiger partial charge in [0.1, 0.15) is 23.0 Å². The maximum Gasteiger partial charge on any atom is 0.276 e. The Labute approximate surface area is 187 Å². The van der Waals surface area contributed by atoms with Crippen LogP contribution in [0.1, 0.15) is 46.7 Å². The number of nitrogens with one attached hydrogen (secondary N) is 2. The molecular weight excluding hydrogens is 441 g/mol. The number of rotatable bonds is 4. The van der Waals surface area contributed by atoms with Gasteiger partial charge in [-0.15, -0.1) is 0 Å². The van der Waals surface area contributed by atoms with Crippen LogP contribution >= 0.6 is 0 Å². The molecule has 1 aromatic carbocycles. The van der Waals surface area contributed by atoms with Gasteiger partial charge >= 0.3 is 0 Å². The van der Waals surface area contributed by atoms with Crippen molar-refractivity contribution in [1.29, 1.82) is 0 Å². The minimum atomic E-state index is -1.20. The van der Waals surface area contributed by atoms with Gasteiger partial charge in [0.05, 0.1) is 6.04 Å². The van der Waals surface area contributed by atoms with E-state index in [2.05, 4.69) is 10.7 Å². The average molecular weight is 464 g/mol. The number of aromatic nitrogens is 1. The first kappa shape index (κ1) is 23.9. The van der Waals surface area contributed by atoms with E-state index in [0.717, 1.165) is 10.9 Å². The Bertz CT molecular complexity index is 1170. The molecule has 0 fully saturated rings. The van der Waals surface area contributed by atoms with Gasteiger partial charge in [-0.25, -0.2) is 13.2 Å². The number of carbonyl (C=O) groups is 2. The van der Waals surface area contributed by atoms with Crippen molar-refractivity contribution in [3.8, 4) is 5.75 Å². The van der Waals surface area contributed by atoms with E-state index in [1.165, 1.54) is 11.9 Å². The summed E-state index contributed by atoms with van der Waals surface area (Å²) in [5.41, 5.74) is 0.315. The van der Waals surface area contributed by atoms with Crippen LogP contribution < -0.4 is 16.2 Å². The quantitative estimate of drug-likeness (QED) is 0.603. The van der Waals surface area contributed by atoms with Crippen LogP contribution in [0.3, 0.4) is 0 Å². The fraction of sp³-hybridized carbons (Fsp3) is 0.318. The lowest BCUT2D eigenvalue weighted by molar-refractivity contribution is 0.0755. The summed E-state index contributed by atoms with van der Waals surface area (Å²) in [7, 11) is 1.50. The Kier molecular flexibility index (Phi) is 6.80. The molecule has 33 heavy (non-hydrogen) atoms. The second-order valence-corrected chi connectivity index (χ2v) is 7.66. The van der Waals surface area contributed by atoms with Gasteiger partial charge in [0.25, 0.3) is 11.8 Å². The summed E-state index contributed by atoms with van der Waals surface area (Å²) in [5, 5.41) is 12.7. The summed E-state index contributed by atoms with van der Waals surface area (Å²) < 4.78 is 41.9. The first-order valence-electron chi connectivity index (χ1n) is 10.2. The highest BCUT2D eigenvalue weighted by molar-refractivity contribution is 5.98. The molecule has 2 heterocycles. The molecule has 0 radical (unpaired) electrons. The molecule has 8 nitrogen and oxygen atoms in total. The van der Waals surface area contributed by atoms with E-state index in [1.54, 1.807) is 13.0 Å². The van der Waals surface area contributed by atoms with E-state index in [1.807, 2.05) is 13.0 Å². The number of likely N-dealkylation sites (N-methyl/N-ethyl adjacent to an activating group) is 1. The number of nitrogens with zero attached hydrogens (tertiary/aromatic N) is 2. The van der Waals surface area contributed by atoms with Crippen molar-refractivity contribution in [2.75, 3.05) is 12.5 Å². The summed E-state index contributed by atoms with van der Waals surface area (Å²) in [5.74, 6) is -6.18. The topological polar surface area (TPSA) is 104 Å². The number of aromatic hydroxyl groups is 1. The maximum absolute atomic E-state index is 13.9. The molecular formula is C22H23F3N4O4. The Morgan fingerprint density at radius 1 is 1.18 bits per heavy atom. The molecule has 1 aliphatic rings. The fourth-order valence-electron chi connectivity index (χ4n) is 3.30. The van der Waals surface area contributed by atoms with Crippen LogP contribution in [0.2, 0.25) is 0 Å². The van der Waals surface area contributed by atoms with Gasteiger partial charge in [0.15, 0.2) is 11.4 Å². The van der Waals surface area contributed by atoms with Crippen molar-refractivity contribution >= 4 is 11.8 Å². The lowest BCUT2D eigenvalue weighted by Gasteiger charge is -2.24. The molecule has 176 valence electrons. The molecule has 2 atom stereocenters. The van der Waals surface area contributed by atoms with E-state index in [4.69, 9.17) is 0 Å². The number of halogens is 3. The maximum atomic E-state index is 13.9. The highest BCUT2D eigenvalue weighted by atomic mass is 19.1. The normalized spacial score (nSPS) is 19.1. The molecule has 3 rings (SSSR count). The Morgan fingerprint density at radius 3 is 2.42 bits per heavy atom. The molecule has 1 aliphatic heterocycles. The molecule has 11 heteroatoms. The number of hydrogen-bond acceptors (Lipinski definition) is 5. The van der Waals surface area contributed by atoms with Crippen LogP contribution in [0.4, 0.5) is 13.2 Å². The van der Waals surface area contributed by atoms with E-state index in [-0.39, 0.29) is 17.8 Å². The summed E-state index contributed by atoms with van der Waals surface area (Å²) in [4.78, 5) is 39.6. The number of carbonyl (C=O) groups excluding carboxylic acids is 2. The van der Waals surface area contributed by atoms with Crippen LogP contribution in [-0.2, 0) is 6.54 Å². The predicted molar refractivity (Wildman–Crippen MR) is 114 cm³/mol. The van der Waals surface area contributed by atoms with Crippen LogP contribution in [0.25, 0.3) is 0 Å². The average Bonchev–Trinajstić information content (AvgIpc) is 2.80. The van der Waals surface area contributed by atoms with E-state index in [0.29, 0.717) is 18.6 Å². The van der Waals surface area contributed by atoms with Gasteiger partial charge < -0.3 is 20.7 Å². The summed E-state index contributed by atoms with van der Waals surface area (Å²) in [6.45, 7) is 2.96. The van der Waals surface area contributed by atoms with E-state index < -0.39 is 58.1 Å². The Morgan fingerprint density at radius 2 is 1.82 bits per heavy atom. The SMILES string of the molecule is CC[C@@H]1/C=C\[C@H](C)N(C)C(=O)c2c(O)c(=O)c(C(=O)NCc3c(F)cc(F)cc3F)cn2N1. The van der Waals surface area contributed by atoms with Crippen molar-refractivity contribution in [3.63, 3.8) is 0 Å². The molecule has 0 saturated heterocycles. The van der Waals surface area contributed by atoms with Crippen LogP contribution in [0.5, 0.6) is 5.75 Å². The van der Waals surface area contributed by atoms with Crippen molar-refractivity contribution in [2.45, 2.75) is 38.9 Å². The summed E-state index contributed by atoms with van der Waals surface area (Å²) in [6, 6.07) is 0.291. The van der Waals surface area contributed by atoms with E-state index in [9.17, 15) is 32.7 Å². The number of fused-ring (bicyclic) bond motifs is 1. The Balaban J connectivity index is 2.01. The zero-order valence-corrected chi connectivity index (χ0v) is 18.2. The minimum absolute atomic E-state index is 0.300. The molecule has 1 aromatic heterocycles. The van der Waals surface area contributed by atoms with Crippen molar-refractivity contribution in [1.82, 2.24) is 14.9 Å². The predicted octanol–water partition coefficient (Wildman–Crippen LogP) is 2.25. The third-order valence-electron chi connectivity index (χ3n) is 5.46. The zero-order chi connectivity index (χ0) is 24.4. The molecule has 0 spiro atoms. The number of benzene rings is 1. The lowest BCUT2D eigenvalue weighted by Crippen LogP contribution is -2.39.